The lowest BCUT2D eigenvalue weighted by molar-refractivity contribution is 0.0600. The van der Waals surface area contributed by atoms with Crippen LogP contribution >= 0.6 is 0 Å². The summed E-state index contributed by atoms with van der Waals surface area (Å²) in [7, 11) is 1.40. The van der Waals surface area contributed by atoms with Crippen molar-refractivity contribution >= 4 is 11.5 Å². The Kier molecular flexibility index (Phi) is 4.56. The fourth-order valence-electron chi connectivity index (χ4n) is 3.89. The highest BCUT2D eigenvalue weighted by molar-refractivity contribution is 5.91. The lowest BCUT2D eigenvalue weighted by Crippen LogP contribution is -2.33. The highest BCUT2D eigenvalue weighted by atomic mass is 16.5. The predicted octanol–water partition coefficient (Wildman–Crippen LogP) is 5.88. The van der Waals surface area contributed by atoms with Gasteiger partial charge in [-0.1, -0.05) is 64.6 Å². The Hall–Kier alpha value is -2.35. The standard InChI is InChI=1S/C24H28O2/c1-16(17-8-7-9-19(14-17)22(25)26-6)18-10-11-20-21(15-18)24(4,5)13-12-23(20,2)3/h7-11,14-15H,1,12-13H2,2-6H3. The molecule has 0 bridgehead atoms. The number of carbonyl (C=O) groups is 1. The minimum atomic E-state index is -0.326. The van der Waals surface area contributed by atoms with Crippen molar-refractivity contribution in [3.8, 4) is 0 Å². The molecule has 1 aliphatic rings. The van der Waals surface area contributed by atoms with E-state index in [9.17, 15) is 4.79 Å². The third kappa shape index (κ3) is 3.21. The molecule has 0 fully saturated rings. The summed E-state index contributed by atoms with van der Waals surface area (Å²) >= 11 is 0. The van der Waals surface area contributed by atoms with Crippen LogP contribution in [-0.2, 0) is 15.6 Å². The van der Waals surface area contributed by atoms with E-state index in [1.165, 1.54) is 31.1 Å². The first kappa shape index (κ1) is 18.4. The van der Waals surface area contributed by atoms with Gasteiger partial charge in [-0.15, -0.1) is 0 Å². The SMILES string of the molecule is C=C(c1cccc(C(=O)OC)c1)c1ccc2c(c1)C(C)(C)CCC2(C)C. The van der Waals surface area contributed by atoms with E-state index in [1.54, 1.807) is 6.07 Å². The van der Waals surface area contributed by atoms with Crippen molar-refractivity contribution in [3.05, 3.63) is 76.9 Å². The molecule has 0 saturated carbocycles. The van der Waals surface area contributed by atoms with Gasteiger partial charge in [0.1, 0.15) is 0 Å². The average Bonchev–Trinajstić information content (AvgIpc) is 2.64. The summed E-state index contributed by atoms with van der Waals surface area (Å²) in [5, 5.41) is 0. The van der Waals surface area contributed by atoms with Gasteiger partial charge in [-0.05, 0) is 63.6 Å². The summed E-state index contributed by atoms with van der Waals surface area (Å²) in [6.07, 6.45) is 2.38. The van der Waals surface area contributed by atoms with E-state index in [2.05, 4.69) is 52.5 Å². The molecule has 0 atom stereocenters. The number of fused-ring (bicyclic) bond motifs is 1. The van der Waals surface area contributed by atoms with Crippen LogP contribution in [0.25, 0.3) is 5.57 Å². The van der Waals surface area contributed by atoms with E-state index >= 15 is 0 Å². The van der Waals surface area contributed by atoms with Crippen LogP contribution < -0.4 is 0 Å². The zero-order valence-electron chi connectivity index (χ0n) is 16.5. The van der Waals surface area contributed by atoms with Crippen LogP contribution in [-0.4, -0.2) is 13.1 Å². The topological polar surface area (TPSA) is 26.3 Å². The fourth-order valence-corrected chi connectivity index (χ4v) is 3.89. The highest BCUT2D eigenvalue weighted by Crippen LogP contribution is 2.46. The van der Waals surface area contributed by atoms with Crippen molar-refractivity contribution in [1.29, 1.82) is 0 Å². The summed E-state index contributed by atoms with van der Waals surface area (Å²) in [5.41, 5.74) is 6.75. The van der Waals surface area contributed by atoms with Crippen LogP contribution in [0.5, 0.6) is 0 Å². The van der Waals surface area contributed by atoms with Crippen molar-refractivity contribution in [2.45, 2.75) is 51.4 Å². The number of benzene rings is 2. The van der Waals surface area contributed by atoms with Crippen molar-refractivity contribution in [2.75, 3.05) is 7.11 Å². The van der Waals surface area contributed by atoms with Gasteiger partial charge in [-0.2, -0.15) is 0 Å². The Balaban J connectivity index is 2.03. The van der Waals surface area contributed by atoms with E-state index in [0.717, 1.165) is 16.7 Å². The van der Waals surface area contributed by atoms with Crippen LogP contribution in [0.1, 0.15) is 73.1 Å². The maximum atomic E-state index is 11.8. The zero-order valence-corrected chi connectivity index (χ0v) is 16.5. The van der Waals surface area contributed by atoms with Crippen molar-refractivity contribution < 1.29 is 9.53 Å². The molecule has 0 spiro atoms. The lowest BCUT2D eigenvalue weighted by Gasteiger charge is -2.42. The Morgan fingerprint density at radius 2 is 1.46 bits per heavy atom. The third-order valence-electron chi connectivity index (χ3n) is 5.83. The molecule has 0 aliphatic heterocycles. The zero-order chi connectivity index (χ0) is 19.1. The third-order valence-corrected chi connectivity index (χ3v) is 5.83. The van der Waals surface area contributed by atoms with E-state index in [4.69, 9.17) is 4.74 Å². The summed E-state index contributed by atoms with van der Waals surface area (Å²) in [4.78, 5) is 11.8. The van der Waals surface area contributed by atoms with E-state index < -0.39 is 0 Å². The van der Waals surface area contributed by atoms with Crippen LogP contribution in [0, 0.1) is 0 Å². The predicted molar refractivity (Wildman–Crippen MR) is 108 cm³/mol. The number of hydrogen-bond acceptors (Lipinski definition) is 2. The van der Waals surface area contributed by atoms with Gasteiger partial charge in [-0.25, -0.2) is 4.79 Å². The van der Waals surface area contributed by atoms with Crippen LogP contribution in [0.4, 0.5) is 0 Å². The van der Waals surface area contributed by atoms with Gasteiger partial charge in [0.2, 0.25) is 0 Å². The highest BCUT2D eigenvalue weighted by Gasteiger charge is 2.37. The number of rotatable bonds is 3. The molecule has 0 unspecified atom stereocenters. The van der Waals surface area contributed by atoms with Crippen LogP contribution in [0.3, 0.4) is 0 Å². The minimum Gasteiger partial charge on any atom is -0.465 e. The van der Waals surface area contributed by atoms with Gasteiger partial charge < -0.3 is 4.74 Å². The van der Waals surface area contributed by atoms with E-state index in [1.807, 2.05) is 18.2 Å². The van der Waals surface area contributed by atoms with Gasteiger partial charge in [0.15, 0.2) is 0 Å². The van der Waals surface area contributed by atoms with Crippen molar-refractivity contribution in [1.82, 2.24) is 0 Å². The van der Waals surface area contributed by atoms with Gasteiger partial charge in [0, 0.05) is 0 Å². The first-order chi connectivity index (χ1) is 12.2. The molecular weight excluding hydrogens is 320 g/mol. The normalized spacial score (nSPS) is 17.3. The second-order valence-electron chi connectivity index (χ2n) is 8.58. The molecule has 2 aromatic carbocycles. The number of esters is 1. The molecule has 0 aromatic heterocycles. The summed E-state index contributed by atoms with van der Waals surface area (Å²) in [5.74, 6) is -0.326. The lowest BCUT2D eigenvalue weighted by atomic mass is 9.63. The molecule has 3 rings (SSSR count). The molecule has 26 heavy (non-hydrogen) atoms. The molecule has 0 saturated heterocycles. The Bertz CT molecular complexity index is 872. The molecular formula is C24H28O2. The number of carbonyl (C=O) groups excluding carboxylic acids is 1. The monoisotopic (exact) mass is 348 g/mol. The molecule has 0 amide bonds. The first-order valence-corrected chi connectivity index (χ1v) is 9.19. The number of ether oxygens (including phenoxy) is 1. The Morgan fingerprint density at radius 3 is 2.12 bits per heavy atom. The molecule has 0 heterocycles. The maximum Gasteiger partial charge on any atom is 0.337 e. The van der Waals surface area contributed by atoms with Gasteiger partial charge in [0.25, 0.3) is 0 Å². The molecule has 1 aliphatic carbocycles. The molecule has 2 nitrogen and oxygen atoms in total. The largest absolute Gasteiger partial charge is 0.465 e. The average molecular weight is 348 g/mol. The Morgan fingerprint density at radius 1 is 0.885 bits per heavy atom. The second-order valence-corrected chi connectivity index (χ2v) is 8.58. The molecule has 0 N–H and O–H groups in total. The van der Waals surface area contributed by atoms with Gasteiger partial charge in [0.05, 0.1) is 12.7 Å². The summed E-state index contributed by atoms with van der Waals surface area (Å²) in [6.45, 7) is 13.6. The smallest absolute Gasteiger partial charge is 0.337 e. The van der Waals surface area contributed by atoms with E-state index in [0.29, 0.717) is 5.56 Å². The molecule has 0 radical (unpaired) electrons. The van der Waals surface area contributed by atoms with Crippen molar-refractivity contribution in [2.24, 2.45) is 0 Å². The first-order valence-electron chi connectivity index (χ1n) is 9.19. The van der Waals surface area contributed by atoms with E-state index in [-0.39, 0.29) is 16.8 Å². The second kappa shape index (κ2) is 6.42. The van der Waals surface area contributed by atoms with Crippen molar-refractivity contribution in [3.63, 3.8) is 0 Å². The summed E-state index contributed by atoms with van der Waals surface area (Å²) in [6, 6.07) is 14.2. The number of hydrogen-bond donors (Lipinski definition) is 0. The quantitative estimate of drug-likeness (QED) is 0.647. The van der Waals surface area contributed by atoms with Gasteiger partial charge >= 0.3 is 5.97 Å². The molecule has 2 heteroatoms. The summed E-state index contributed by atoms with van der Waals surface area (Å²) < 4.78 is 4.83. The van der Waals surface area contributed by atoms with Gasteiger partial charge in [-0.3, -0.25) is 0 Å². The Labute approximate surface area is 156 Å². The fraction of sp³-hybridized carbons (Fsp3) is 0.375. The number of methoxy groups -OCH3 is 1. The molecule has 136 valence electrons. The molecule has 2 aromatic rings. The van der Waals surface area contributed by atoms with Crippen LogP contribution in [0.2, 0.25) is 0 Å². The minimum absolute atomic E-state index is 0.162. The van der Waals surface area contributed by atoms with Crippen LogP contribution in [0.15, 0.2) is 49.0 Å². The maximum absolute atomic E-state index is 11.8.